The fourth-order valence-electron chi connectivity index (χ4n) is 10.7. The fourth-order valence-corrected chi connectivity index (χ4v) is 10.7. The van der Waals surface area contributed by atoms with Crippen LogP contribution in [-0.4, -0.2) is 0 Å². The first-order chi connectivity index (χ1) is 28.8. The van der Waals surface area contributed by atoms with E-state index in [0.717, 1.165) is 28.6 Å². The molecule has 1 heterocycles. The smallest absolute Gasteiger partial charge is 0.132 e. The minimum atomic E-state index is -0.568. The van der Waals surface area contributed by atoms with E-state index in [2.05, 4.69) is 229 Å². The van der Waals surface area contributed by atoms with Crippen LogP contribution in [-0.2, 0) is 10.8 Å². The van der Waals surface area contributed by atoms with Gasteiger partial charge in [-0.05, 0) is 92.5 Å². The van der Waals surface area contributed by atoms with Crippen molar-refractivity contribution in [3.63, 3.8) is 0 Å². The van der Waals surface area contributed by atoms with Gasteiger partial charge in [0, 0.05) is 28.1 Å². The Balaban J connectivity index is 1.16. The molecule has 0 atom stereocenters. The number of anilines is 3. The summed E-state index contributed by atoms with van der Waals surface area (Å²) in [5.74, 6) is 1.80. The Morgan fingerprint density at radius 1 is 0.310 bits per heavy atom. The van der Waals surface area contributed by atoms with E-state index in [-0.39, 0.29) is 0 Å². The third-order valence-electron chi connectivity index (χ3n) is 12.8. The summed E-state index contributed by atoms with van der Waals surface area (Å²) in [6.45, 7) is 0. The predicted molar refractivity (Wildman–Crippen MR) is 236 cm³/mol. The van der Waals surface area contributed by atoms with Crippen molar-refractivity contribution in [1.29, 1.82) is 0 Å². The molecule has 0 amide bonds. The lowest BCUT2D eigenvalue weighted by Gasteiger charge is -2.39. The highest BCUT2D eigenvalue weighted by Crippen LogP contribution is 2.64. The lowest BCUT2D eigenvalue weighted by Crippen LogP contribution is -2.32. The van der Waals surface area contributed by atoms with E-state index in [1.165, 1.54) is 66.8 Å². The highest BCUT2D eigenvalue weighted by molar-refractivity contribution is 5.96. The van der Waals surface area contributed by atoms with E-state index in [9.17, 15) is 0 Å². The van der Waals surface area contributed by atoms with Crippen molar-refractivity contribution in [2.24, 2.45) is 0 Å². The molecular weight excluding hydrogens is 703 g/mol. The average molecular weight is 740 g/mol. The largest absolute Gasteiger partial charge is 0.457 e. The number of hydrogen-bond acceptors (Lipinski definition) is 2. The third kappa shape index (κ3) is 4.32. The van der Waals surface area contributed by atoms with Crippen LogP contribution < -0.4 is 9.64 Å². The molecule has 2 nitrogen and oxygen atoms in total. The van der Waals surface area contributed by atoms with E-state index in [0.29, 0.717) is 0 Å². The topological polar surface area (TPSA) is 12.5 Å². The summed E-state index contributed by atoms with van der Waals surface area (Å²) in [5.41, 5.74) is 17.2. The van der Waals surface area contributed by atoms with Crippen molar-refractivity contribution in [3.8, 4) is 33.8 Å². The zero-order chi connectivity index (χ0) is 38.3. The Morgan fingerprint density at radius 2 is 0.776 bits per heavy atom. The summed E-state index contributed by atoms with van der Waals surface area (Å²) >= 11 is 0. The fraction of sp³-hybridized carbons (Fsp3) is 0.0357. The first kappa shape index (κ1) is 32.8. The van der Waals surface area contributed by atoms with Gasteiger partial charge in [0.2, 0.25) is 0 Å². The summed E-state index contributed by atoms with van der Waals surface area (Å²) < 4.78 is 6.63. The summed E-state index contributed by atoms with van der Waals surface area (Å²) in [5, 5.41) is 0. The molecule has 0 N–H and O–H groups in total. The van der Waals surface area contributed by atoms with Gasteiger partial charge in [0.15, 0.2) is 0 Å². The number of nitrogens with zero attached hydrogens (tertiary/aromatic N) is 1. The molecule has 3 aliphatic rings. The van der Waals surface area contributed by atoms with Crippen molar-refractivity contribution >= 4 is 17.1 Å². The minimum absolute atomic E-state index is 0.529. The van der Waals surface area contributed by atoms with E-state index in [4.69, 9.17) is 4.74 Å². The molecule has 0 radical (unpaired) electrons. The molecule has 272 valence electrons. The van der Waals surface area contributed by atoms with Crippen molar-refractivity contribution in [2.75, 3.05) is 4.90 Å². The zero-order valence-corrected chi connectivity index (χ0v) is 31.7. The van der Waals surface area contributed by atoms with Crippen LogP contribution in [0.5, 0.6) is 11.5 Å². The van der Waals surface area contributed by atoms with E-state index in [1.54, 1.807) is 0 Å². The lowest BCUT2D eigenvalue weighted by atomic mass is 9.66. The number of ether oxygens (including phenoxy) is 1. The van der Waals surface area contributed by atoms with Gasteiger partial charge in [0.1, 0.15) is 11.5 Å². The van der Waals surface area contributed by atoms with Gasteiger partial charge in [0.25, 0.3) is 0 Å². The molecule has 58 heavy (non-hydrogen) atoms. The van der Waals surface area contributed by atoms with Gasteiger partial charge in [-0.1, -0.05) is 182 Å². The Morgan fingerprint density at radius 3 is 1.40 bits per heavy atom. The number of hydrogen-bond donors (Lipinski definition) is 0. The van der Waals surface area contributed by atoms with Crippen LogP contribution in [0.3, 0.4) is 0 Å². The van der Waals surface area contributed by atoms with Crippen molar-refractivity contribution in [2.45, 2.75) is 10.8 Å². The van der Waals surface area contributed by atoms with Gasteiger partial charge >= 0.3 is 0 Å². The molecule has 1 spiro atoms. The zero-order valence-electron chi connectivity index (χ0n) is 31.7. The Kier molecular flexibility index (Phi) is 7.09. The first-order valence-corrected chi connectivity index (χ1v) is 20.1. The second kappa shape index (κ2) is 12.5. The summed E-state index contributed by atoms with van der Waals surface area (Å²) in [4.78, 5) is 2.49. The van der Waals surface area contributed by atoms with Crippen LogP contribution >= 0.6 is 0 Å². The summed E-state index contributed by atoms with van der Waals surface area (Å²) in [7, 11) is 0. The first-order valence-electron chi connectivity index (χ1n) is 20.1. The maximum Gasteiger partial charge on any atom is 0.132 e. The van der Waals surface area contributed by atoms with Gasteiger partial charge in [-0.2, -0.15) is 0 Å². The van der Waals surface area contributed by atoms with Gasteiger partial charge in [0.05, 0.1) is 16.5 Å². The van der Waals surface area contributed by atoms with Crippen molar-refractivity contribution < 1.29 is 4.74 Å². The number of rotatable bonds is 5. The molecule has 2 aliphatic carbocycles. The van der Waals surface area contributed by atoms with Crippen LogP contribution in [0.15, 0.2) is 224 Å². The molecular formula is C56H37NO. The Labute approximate surface area is 338 Å². The van der Waals surface area contributed by atoms with Crippen LogP contribution in [0, 0.1) is 0 Å². The molecule has 0 saturated carbocycles. The maximum atomic E-state index is 6.63. The summed E-state index contributed by atoms with van der Waals surface area (Å²) in [6, 6.07) is 82.2. The molecule has 9 aromatic rings. The standard InChI is InChI=1S/C56H37NO/c1-4-19-38(20-5-1)55(39-21-6-2-7-22-39)46-28-12-10-25-42(46)44-27-18-32-51(54(44)55)57(40-23-8-3-9-24-40)41-35-36-48-45(37-41)43-26-11-13-29-47(43)56(48)49-30-14-16-33-52(49)58-53-34-17-15-31-50(53)56/h1-37H. The summed E-state index contributed by atoms with van der Waals surface area (Å²) in [6.07, 6.45) is 0. The van der Waals surface area contributed by atoms with E-state index in [1.807, 2.05) is 0 Å². The molecule has 1 aliphatic heterocycles. The second-order valence-corrected chi connectivity index (χ2v) is 15.5. The maximum absolute atomic E-state index is 6.63. The highest BCUT2D eigenvalue weighted by Gasteiger charge is 2.52. The van der Waals surface area contributed by atoms with Gasteiger partial charge in [-0.3, -0.25) is 0 Å². The number of benzene rings is 9. The average Bonchev–Trinajstić information content (AvgIpc) is 3.76. The monoisotopic (exact) mass is 739 g/mol. The van der Waals surface area contributed by atoms with Gasteiger partial charge in [-0.15, -0.1) is 0 Å². The predicted octanol–water partition coefficient (Wildman–Crippen LogP) is 14.0. The van der Waals surface area contributed by atoms with Gasteiger partial charge < -0.3 is 9.64 Å². The minimum Gasteiger partial charge on any atom is -0.457 e. The quantitative estimate of drug-likeness (QED) is 0.174. The molecule has 0 saturated heterocycles. The van der Waals surface area contributed by atoms with Crippen LogP contribution in [0.4, 0.5) is 17.1 Å². The van der Waals surface area contributed by atoms with Crippen LogP contribution in [0.2, 0.25) is 0 Å². The van der Waals surface area contributed by atoms with Crippen molar-refractivity contribution in [3.05, 3.63) is 269 Å². The van der Waals surface area contributed by atoms with E-state index < -0.39 is 10.8 Å². The highest BCUT2D eigenvalue weighted by atomic mass is 16.5. The Hall–Kier alpha value is -7.42. The third-order valence-corrected chi connectivity index (χ3v) is 12.8. The Bertz CT molecular complexity index is 2960. The van der Waals surface area contributed by atoms with Crippen LogP contribution in [0.25, 0.3) is 22.3 Å². The van der Waals surface area contributed by atoms with Crippen molar-refractivity contribution in [1.82, 2.24) is 0 Å². The molecule has 2 heteroatoms. The SMILES string of the molecule is c1ccc(N(c2ccc3c(c2)-c2ccccc2C32c3ccccc3Oc3ccccc32)c2cccc3c2C(c2ccccc2)(c2ccccc2)c2ccccc2-3)cc1. The molecule has 9 aromatic carbocycles. The van der Waals surface area contributed by atoms with Gasteiger partial charge in [-0.25, -0.2) is 0 Å². The number of para-hydroxylation sites is 3. The second-order valence-electron chi connectivity index (χ2n) is 15.5. The molecule has 0 fully saturated rings. The number of fused-ring (bicyclic) bond motifs is 12. The molecule has 0 aromatic heterocycles. The molecule has 0 unspecified atom stereocenters. The lowest BCUT2D eigenvalue weighted by molar-refractivity contribution is 0.436. The normalized spacial score (nSPS) is 14.3. The molecule has 0 bridgehead atoms. The van der Waals surface area contributed by atoms with Crippen LogP contribution in [0.1, 0.15) is 44.5 Å². The molecule has 12 rings (SSSR count). The van der Waals surface area contributed by atoms with E-state index >= 15 is 0 Å².